The van der Waals surface area contributed by atoms with Crippen molar-refractivity contribution in [3.8, 4) is 17.0 Å². The summed E-state index contributed by atoms with van der Waals surface area (Å²) in [6.45, 7) is 2.23. The van der Waals surface area contributed by atoms with Crippen LogP contribution in [0.25, 0.3) is 22.2 Å². The molecule has 7 nitrogen and oxygen atoms in total. The number of aromatic nitrogens is 1. The van der Waals surface area contributed by atoms with Gasteiger partial charge in [0.25, 0.3) is 0 Å². The lowest BCUT2D eigenvalue weighted by atomic mass is 10.0. The van der Waals surface area contributed by atoms with E-state index in [0.29, 0.717) is 6.42 Å². The van der Waals surface area contributed by atoms with Crippen molar-refractivity contribution >= 4 is 26.8 Å². The Bertz CT molecular complexity index is 1410. The number of hydrogen-bond donors (Lipinski definition) is 3. The minimum Gasteiger partial charge on any atom is -0.497 e. The third-order valence-corrected chi connectivity index (χ3v) is 7.34. The van der Waals surface area contributed by atoms with Crippen LogP contribution in [0, 0.1) is 6.92 Å². The Labute approximate surface area is 205 Å². The molecule has 4 rings (SSSR count). The van der Waals surface area contributed by atoms with E-state index in [2.05, 4.69) is 15.0 Å². The van der Waals surface area contributed by atoms with E-state index in [1.165, 1.54) is 0 Å². The van der Waals surface area contributed by atoms with Crippen LogP contribution in [0.4, 0.5) is 0 Å². The highest BCUT2D eigenvalue weighted by Gasteiger charge is 2.16. The summed E-state index contributed by atoms with van der Waals surface area (Å²) in [5, 5.41) is 3.89. The number of aromatic amines is 1. The van der Waals surface area contributed by atoms with Gasteiger partial charge in [-0.1, -0.05) is 35.9 Å². The van der Waals surface area contributed by atoms with Crippen molar-refractivity contribution in [3.05, 3.63) is 83.9 Å². The Morgan fingerprint density at radius 2 is 1.66 bits per heavy atom. The number of rotatable bonds is 10. The van der Waals surface area contributed by atoms with Crippen molar-refractivity contribution in [1.29, 1.82) is 0 Å². The van der Waals surface area contributed by atoms with Gasteiger partial charge in [-0.2, -0.15) is 0 Å². The maximum absolute atomic E-state index is 12.5. The number of carbonyl (C=O) groups excluding carboxylic acids is 1. The topological polar surface area (TPSA) is 100 Å². The molecule has 0 unspecified atom stereocenters. The van der Waals surface area contributed by atoms with Gasteiger partial charge in [0.15, 0.2) is 0 Å². The van der Waals surface area contributed by atoms with Crippen molar-refractivity contribution in [2.75, 3.05) is 20.2 Å². The number of ether oxygens (including phenoxy) is 1. The third-order valence-electron chi connectivity index (χ3n) is 5.86. The van der Waals surface area contributed by atoms with E-state index in [4.69, 9.17) is 4.74 Å². The lowest BCUT2D eigenvalue weighted by Crippen LogP contribution is -2.34. The molecular weight excluding hydrogens is 462 g/mol. The fourth-order valence-electron chi connectivity index (χ4n) is 3.98. The summed E-state index contributed by atoms with van der Waals surface area (Å²) in [5.74, 6) is 0.647. The molecule has 0 bridgehead atoms. The van der Waals surface area contributed by atoms with Gasteiger partial charge in [0.1, 0.15) is 5.75 Å². The van der Waals surface area contributed by atoms with E-state index in [0.717, 1.165) is 39.0 Å². The van der Waals surface area contributed by atoms with Crippen LogP contribution in [0.1, 0.15) is 17.5 Å². The lowest BCUT2D eigenvalue weighted by molar-refractivity contribution is -0.121. The van der Waals surface area contributed by atoms with Crippen molar-refractivity contribution in [2.45, 2.75) is 24.7 Å². The number of fused-ring (bicyclic) bond motifs is 1. The van der Waals surface area contributed by atoms with Crippen LogP contribution in [0.5, 0.6) is 5.75 Å². The van der Waals surface area contributed by atoms with Gasteiger partial charge in [-0.3, -0.25) is 4.79 Å². The van der Waals surface area contributed by atoms with Gasteiger partial charge in [0.05, 0.1) is 12.0 Å². The molecule has 0 saturated carbocycles. The summed E-state index contributed by atoms with van der Waals surface area (Å²) in [4.78, 5) is 16.2. The van der Waals surface area contributed by atoms with E-state index >= 15 is 0 Å². The van der Waals surface area contributed by atoms with Gasteiger partial charge in [0.2, 0.25) is 15.9 Å². The fraction of sp³-hybridized carbons (Fsp3) is 0.222. The van der Waals surface area contributed by atoms with E-state index in [1.54, 1.807) is 31.4 Å². The summed E-state index contributed by atoms with van der Waals surface area (Å²) < 4.78 is 32.5. The molecule has 4 aromatic rings. The van der Waals surface area contributed by atoms with Crippen LogP contribution in [0.15, 0.2) is 77.7 Å². The Hall–Kier alpha value is -3.62. The maximum Gasteiger partial charge on any atom is 0.240 e. The van der Waals surface area contributed by atoms with E-state index < -0.39 is 10.0 Å². The zero-order valence-corrected chi connectivity index (χ0v) is 20.6. The molecule has 0 radical (unpaired) electrons. The number of para-hydroxylation sites is 1. The molecule has 0 spiro atoms. The summed E-state index contributed by atoms with van der Waals surface area (Å²) in [6, 6.07) is 22.5. The fourth-order valence-corrected chi connectivity index (χ4v) is 5.01. The van der Waals surface area contributed by atoms with Crippen LogP contribution >= 0.6 is 0 Å². The third kappa shape index (κ3) is 5.90. The van der Waals surface area contributed by atoms with Crippen LogP contribution in [-0.2, 0) is 21.2 Å². The molecule has 3 aromatic carbocycles. The van der Waals surface area contributed by atoms with Gasteiger partial charge in [-0.05, 0) is 66.9 Å². The predicted molar refractivity (Wildman–Crippen MR) is 138 cm³/mol. The Balaban J connectivity index is 1.36. The zero-order chi connectivity index (χ0) is 24.8. The molecule has 0 saturated heterocycles. The maximum atomic E-state index is 12.5. The minimum atomic E-state index is -3.60. The SMILES string of the molecule is COc1ccc(-c2[nH]c3ccccc3c2CCC(=O)NCCNS(=O)(=O)c2ccc(C)cc2)cc1. The molecule has 0 aliphatic heterocycles. The Kier molecular flexibility index (Phi) is 7.53. The monoisotopic (exact) mass is 491 g/mol. The number of methoxy groups -OCH3 is 1. The molecule has 182 valence electrons. The normalized spacial score (nSPS) is 11.5. The number of sulfonamides is 1. The highest BCUT2D eigenvalue weighted by atomic mass is 32.2. The largest absolute Gasteiger partial charge is 0.497 e. The smallest absolute Gasteiger partial charge is 0.240 e. The van der Waals surface area contributed by atoms with Gasteiger partial charge in [0, 0.05) is 36.1 Å². The summed E-state index contributed by atoms with van der Waals surface area (Å²) in [6.07, 6.45) is 0.835. The van der Waals surface area contributed by atoms with Gasteiger partial charge >= 0.3 is 0 Å². The second kappa shape index (κ2) is 10.8. The molecule has 1 amide bonds. The van der Waals surface area contributed by atoms with Crippen molar-refractivity contribution in [2.24, 2.45) is 0 Å². The molecule has 1 heterocycles. The molecule has 3 N–H and O–H groups in total. The van der Waals surface area contributed by atoms with Gasteiger partial charge in [-0.25, -0.2) is 13.1 Å². The van der Waals surface area contributed by atoms with Gasteiger partial charge in [-0.15, -0.1) is 0 Å². The quantitative estimate of drug-likeness (QED) is 0.290. The number of amides is 1. The van der Waals surface area contributed by atoms with Crippen molar-refractivity contribution < 1.29 is 17.9 Å². The van der Waals surface area contributed by atoms with Crippen LogP contribution in [0.3, 0.4) is 0 Å². The molecule has 1 aromatic heterocycles. The highest BCUT2D eigenvalue weighted by Crippen LogP contribution is 2.32. The van der Waals surface area contributed by atoms with Crippen molar-refractivity contribution in [3.63, 3.8) is 0 Å². The van der Waals surface area contributed by atoms with Crippen LogP contribution in [0.2, 0.25) is 0 Å². The number of nitrogens with one attached hydrogen (secondary N) is 3. The Morgan fingerprint density at radius 3 is 2.37 bits per heavy atom. The zero-order valence-electron chi connectivity index (χ0n) is 19.8. The number of carbonyl (C=O) groups is 1. The summed E-state index contributed by atoms with van der Waals surface area (Å²) in [7, 11) is -1.97. The van der Waals surface area contributed by atoms with Crippen molar-refractivity contribution in [1.82, 2.24) is 15.0 Å². The van der Waals surface area contributed by atoms with E-state index in [1.807, 2.05) is 55.5 Å². The predicted octanol–water partition coefficient (Wildman–Crippen LogP) is 4.18. The second-order valence-electron chi connectivity index (χ2n) is 8.31. The van der Waals surface area contributed by atoms with Gasteiger partial charge < -0.3 is 15.0 Å². The Morgan fingerprint density at radius 1 is 0.943 bits per heavy atom. The molecular formula is C27H29N3O4S. The first kappa shape index (κ1) is 24.5. The summed E-state index contributed by atoms with van der Waals surface area (Å²) >= 11 is 0. The molecule has 0 atom stereocenters. The number of H-pyrrole nitrogens is 1. The number of benzene rings is 3. The standard InChI is InChI=1S/C27H29N3O4S/c1-19-7-13-22(14-8-19)35(32,33)29-18-17-28-26(31)16-15-24-23-5-3-4-6-25(23)30-27(24)20-9-11-21(34-2)12-10-20/h3-14,29-30H,15-18H2,1-2H3,(H,28,31). The number of hydrogen-bond acceptors (Lipinski definition) is 4. The molecule has 8 heteroatoms. The average molecular weight is 492 g/mol. The molecule has 0 fully saturated rings. The minimum absolute atomic E-state index is 0.117. The first-order valence-electron chi connectivity index (χ1n) is 11.4. The van der Waals surface area contributed by atoms with Crippen LogP contribution in [-0.4, -0.2) is 39.5 Å². The highest BCUT2D eigenvalue weighted by molar-refractivity contribution is 7.89. The number of aryl methyl sites for hydroxylation is 2. The first-order chi connectivity index (χ1) is 16.9. The second-order valence-corrected chi connectivity index (χ2v) is 10.1. The first-order valence-corrected chi connectivity index (χ1v) is 12.9. The summed E-state index contributed by atoms with van der Waals surface area (Å²) in [5.41, 5.74) is 5.07. The molecule has 35 heavy (non-hydrogen) atoms. The van der Waals surface area contributed by atoms with E-state index in [9.17, 15) is 13.2 Å². The average Bonchev–Trinajstić information content (AvgIpc) is 3.24. The molecule has 0 aliphatic rings. The lowest BCUT2D eigenvalue weighted by Gasteiger charge is -2.09. The van der Waals surface area contributed by atoms with E-state index in [-0.39, 0.29) is 30.3 Å². The van der Waals surface area contributed by atoms with Crippen LogP contribution < -0.4 is 14.8 Å². The molecule has 0 aliphatic carbocycles.